The molecular formula is C12H17ClN4O3. The third-order valence-electron chi connectivity index (χ3n) is 3.38. The molecule has 0 aliphatic carbocycles. The maximum absolute atomic E-state index is 11.0. The van der Waals surface area contributed by atoms with E-state index in [0.717, 1.165) is 19.4 Å². The number of nitrogens with zero attached hydrogens (tertiary/aromatic N) is 2. The molecule has 0 radical (unpaired) electrons. The second kappa shape index (κ2) is 6.34. The summed E-state index contributed by atoms with van der Waals surface area (Å²) in [6.07, 6.45) is 3.40. The number of ether oxygens (including phenoxy) is 1. The molecular weight excluding hydrogens is 284 g/mol. The van der Waals surface area contributed by atoms with Crippen molar-refractivity contribution in [3.63, 3.8) is 0 Å². The molecule has 0 aromatic carbocycles. The van der Waals surface area contributed by atoms with Gasteiger partial charge in [-0.25, -0.2) is 4.98 Å². The van der Waals surface area contributed by atoms with Crippen LogP contribution in [0, 0.1) is 10.1 Å². The van der Waals surface area contributed by atoms with Gasteiger partial charge in [-0.3, -0.25) is 10.1 Å². The Morgan fingerprint density at radius 3 is 3.10 bits per heavy atom. The number of anilines is 1. The summed E-state index contributed by atoms with van der Waals surface area (Å²) in [4.78, 5) is 14.5. The van der Waals surface area contributed by atoms with E-state index < -0.39 is 4.92 Å². The molecule has 1 aliphatic rings. The zero-order chi connectivity index (χ0) is 14.6. The molecule has 1 atom stereocenters. The van der Waals surface area contributed by atoms with Gasteiger partial charge in [-0.1, -0.05) is 11.6 Å². The van der Waals surface area contributed by atoms with Crippen molar-refractivity contribution in [1.82, 2.24) is 10.3 Å². The summed E-state index contributed by atoms with van der Waals surface area (Å²) in [5.74, 6) is 0.226. The third kappa shape index (κ3) is 3.36. The van der Waals surface area contributed by atoms with Crippen molar-refractivity contribution >= 4 is 23.1 Å². The summed E-state index contributed by atoms with van der Waals surface area (Å²) in [6, 6.07) is 1.29. The average Bonchev–Trinajstić information content (AvgIpc) is 2.86. The quantitative estimate of drug-likeness (QED) is 0.615. The average molecular weight is 301 g/mol. The third-order valence-corrected chi connectivity index (χ3v) is 3.58. The summed E-state index contributed by atoms with van der Waals surface area (Å²) in [6.45, 7) is 1.97. The first-order valence-electron chi connectivity index (χ1n) is 6.34. The molecule has 1 unspecified atom stereocenters. The van der Waals surface area contributed by atoms with E-state index in [4.69, 9.17) is 16.3 Å². The van der Waals surface area contributed by atoms with Gasteiger partial charge in [0.1, 0.15) is 0 Å². The molecule has 1 fully saturated rings. The number of nitrogens with one attached hydrogen (secondary N) is 2. The lowest BCUT2D eigenvalue weighted by Crippen LogP contribution is -2.49. The second-order valence-electron chi connectivity index (χ2n) is 4.88. The molecule has 2 N–H and O–H groups in total. The van der Waals surface area contributed by atoms with Crippen molar-refractivity contribution in [1.29, 1.82) is 0 Å². The van der Waals surface area contributed by atoms with Crippen LogP contribution in [0.5, 0.6) is 0 Å². The monoisotopic (exact) mass is 300 g/mol. The molecule has 0 saturated carbocycles. The lowest BCUT2D eigenvalue weighted by molar-refractivity contribution is -0.384. The number of nitro groups is 1. The van der Waals surface area contributed by atoms with E-state index in [1.165, 1.54) is 12.3 Å². The smallest absolute Gasteiger partial charge is 0.312 e. The van der Waals surface area contributed by atoms with Gasteiger partial charge in [-0.05, 0) is 19.4 Å². The Labute approximate surface area is 121 Å². The van der Waals surface area contributed by atoms with Crippen LogP contribution in [0.25, 0.3) is 0 Å². The predicted molar refractivity (Wildman–Crippen MR) is 76.2 cm³/mol. The lowest BCUT2D eigenvalue weighted by Gasteiger charge is -2.29. The van der Waals surface area contributed by atoms with Gasteiger partial charge < -0.3 is 15.4 Å². The molecule has 1 saturated heterocycles. The van der Waals surface area contributed by atoms with Crippen LogP contribution in [-0.4, -0.2) is 42.3 Å². The minimum atomic E-state index is -0.494. The molecule has 110 valence electrons. The van der Waals surface area contributed by atoms with E-state index in [0.29, 0.717) is 13.2 Å². The van der Waals surface area contributed by atoms with Gasteiger partial charge in [-0.2, -0.15) is 0 Å². The summed E-state index contributed by atoms with van der Waals surface area (Å²) in [7, 11) is 1.64. The SMILES string of the molecule is COCC1(CNc2ncc(Cl)cc2[N+](=O)[O-])CCCN1. The van der Waals surface area contributed by atoms with Crippen LogP contribution >= 0.6 is 11.6 Å². The Hall–Kier alpha value is -1.44. The number of aromatic nitrogens is 1. The van der Waals surface area contributed by atoms with Crippen LogP contribution in [0.1, 0.15) is 12.8 Å². The topological polar surface area (TPSA) is 89.3 Å². The maximum atomic E-state index is 11.0. The normalized spacial score (nSPS) is 21.9. The number of methoxy groups -OCH3 is 1. The minimum absolute atomic E-state index is 0.122. The van der Waals surface area contributed by atoms with Crippen molar-refractivity contribution in [3.8, 4) is 0 Å². The molecule has 1 aromatic rings. The Balaban J connectivity index is 2.12. The Morgan fingerprint density at radius 2 is 2.50 bits per heavy atom. The van der Waals surface area contributed by atoms with Crippen molar-refractivity contribution in [2.45, 2.75) is 18.4 Å². The van der Waals surface area contributed by atoms with Crippen LogP contribution in [-0.2, 0) is 4.74 Å². The van der Waals surface area contributed by atoms with E-state index in [-0.39, 0.29) is 22.1 Å². The second-order valence-corrected chi connectivity index (χ2v) is 5.31. The van der Waals surface area contributed by atoms with Gasteiger partial charge in [-0.15, -0.1) is 0 Å². The highest BCUT2D eigenvalue weighted by molar-refractivity contribution is 6.30. The number of pyridine rings is 1. The Kier molecular flexibility index (Phi) is 4.74. The van der Waals surface area contributed by atoms with E-state index in [1.807, 2.05) is 0 Å². The van der Waals surface area contributed by atoms with Crippen LogP contribution in [0.4, 0.5) is 11.5 Å². The summed E-state index contributed by atoms with van der Waals surface area (Å²) < 4.78 is 5.24. The van der Waals surface area contributed by atoms with E-state index in [9.17, 15) is 10.1 Å². The van der Waals surface area contributed by atoms with Gasteiger partial charge in [0.05, 0.1) is 22.1 Å². The van der Waals surface area contributed by atoms with Crippen molar-refractivity contribution < 1.29 is 9.66 Å². The Morgan fingerprint density at radius 1 is 1.70 bits per heavy atom. The molecule has 7 nitrogen and oxygen atoms in total. The largest absolute Gasteiger partial charge is 0.383 e. The summed E-state index contributed by atoms with van der Waals surface area (Å²) in [5, 5.41) is 17.7. The molecule has 1 aliphatic heterocycles. The fraction of sp³-hybridized carbons (Fsp3) is 0.583. The molecule has 0 spiro atoms. The number of hydrogen-bond donors (Lipinski definition) is 2. The van der Waals surface area contributed by atoms with Crippen molar-refractivity contribution in [2.75, 3.05) is 32.1 Å². The molecule has 2 heterocycles. The zero-order valence-electron chi connectivity index (χ0n) is 11.2. The fourth-order valence-electron chi connectivity index (χ4n) is 2.43. The van der Waals surface area contributed by atoms with Crippen LogP contribution in [0.2, 0.25) is 5.02 Å². The molecule has 8 heteroatoms. The molecule has 0 amide bonds. The van der Waals surface area contributed by atoms with Gasteiger partial charge in [0.25, 0.3) is 0 Å². The maximum Gasteiger partial charge on any atom is 0.312 e. The van der Waals surface area contributed by atoms with Crippen LogP contribution < -0.4 is 10.6 Å². The first-order chi connectivity index (χ1) is 9.56. The highest BCUT2D eigenvalue weighted by Crippen LogP contribution is 2.27. The minimum Gasteiger partial charge on any atom is -0.383 e. The Bertz CT molecular complexity index is 492. The van der Waals surface area contributed by atoms with E-state index in [1.54, 1.807) is 7.11 Å². The molecule has 0 bridgehead atoms. The van der Waals surface area contributed by atoms with Gasteiger partial charge in [0.2, 0.25) is 5.82 Å². The zero-order valence-corrected chi connectivity index (χ0v) is 11.9. The van der Waals surface area contributed by atoms with Gasteiger partial charge in [0.15, 0.2) is 0 Å². The standard InChI is InChI=1S/C12H17ClN4O3/c1-20-8-12(3-2-4-16-12)7-15-11-10(17(18)19)5-9(13)6-14-11/h5-6,16H,2-4,7-8H2,1H3,(H,14,15). The fourth-order valence-corrected chi connectivity index (χ4v) is 2.58. The highest BCUT2D eigenvalue weighted by Gasteiger charge is 2.34. The summed E-state index contributed by atoms with van der Waals surface area (Å²) in [5.41, 5.74) is -0.327. The number of rotatable bonds is 6. The number of hydrogen-bond acceptors (Lipinski definition) is 6. The highest BCUT2D eigenvalue weighted by atomic mass is 35.5. The van der Waals surface area contributed by atoms with Gasteiger partial charge >= 0.3 is 5.69 Å². The van der Waals surface area contributed by atoms with Crippen molar-refractivity contribution in [3.05, 3.63) is 27.4 Å². The first-order valence-corrected chi connectivity index (χ1v) is 6.72. The first kappa shape index (κ1) is 15.0. The summed E-state index contributed by atoms with van der Waals surface area (Å²) >= 11 is 5.74. The molecule has 2 rings (SSSR count). The molecule has 20 heavy (non-hydrogen) atoms. The lowest BCUT2D eigenvalue weighted by atomic mass is 9.98. The van der Waals surface area contributed by atoms with E-state index >= 15 is 0 Å². The molecule has 1 aromatic heterocycles. The van der Waals surface area contributed by atoms with E-state index in [2.05, 4.69) is 15.6 Å². The number of halogens is 1. The predicted octanol–water partition coefficient (Wildman–Crippen LogP) is 1.82. The van der Waals surface area contributed by atoms with Crippen LogP contribution in [0.3, 0.4) is 0 Å². The van der Waals surface area contributed by atoms with Crippen LogP contribution in [0.15, 0.2) is 12.3 Å². The van der Waals surface area contributed by atoms with Crippen molar-refractivity contribution in [2.24, 2.45) is 0 Å². The van der Waals surface area contributed by atoms with Gasteiger partial charge in [0, 0.05) is 25.9 Å².